The van der Waals surface area contributed by atoms with Gasteiger partial charge >= 0.3 is 17.6 Å². The second kappa shape index (κ2) is 28.8. The van der Waals surface area contributed by atoms with E-state index >= 15 is 0 Å². The first-order valence-corrected chi connectivity index (χ1v) is 19.7. The summed E-state index contributed by atoms with van der Waals surface area (Å²) >= 11 is 0. The van der Waals surface area contributed by atoms with E-state index in [2.05, 4.69) is 0 Å². The van der Waals surface area contributed by atoms with Gasteiger partial charge in [0.2, 0.25) is 0 Å². The summed E-state index contributed by atoms with van der Waals surface area (Å²) in [4.78, 5) is 0. The van der Waals surface area contributed by atoms with Crippen molar-refractivity contribution in [1.29, 1.82) is 0 Å². The largest absolute Gasteiger partial charge is 0.503 e. The molecule has 11 heteroatoms. The number of rotatable bonds is 33. The third-order valence-electron chi connectivity index (χ3n) is 7.88. The minimum Gasteiger partial charge on any atom is -0.382 e. The lowest BCUT2D eigenvalue weighted by atomic mass is 10.1. The molecule has 0 fully saturated rings. The molecule has 0 saturated heterocycles. The van der Waals surface area contributed by atoms with Gasteiger partial charge in [-0.3, -0.25) is 0 Å². The van der Waals surface area contributed by atoms with Crippen LogP contribution >= 0.6 is 0 Å². The minimum atomic E-state index is -2.85. The summed E-state index contributed by atoms with van der Waals surface area (Å²) < 4.78 is 50.8. The molecule has 0 rings (SSSR count). The molecule has 0 N–H and O–H groups in total. The zero-order valence-electron chi connectivity index (χ0n) is 27.8. The quantitative estimate of drug-likeness (QED) is 0.0563. The van der Waals surface area contributed by atoms with Gasteiger partial charge in [0.1, 0.15) is 0 Å². The molecular weight excluding hydrogens is 560 g/mol. The highest BCUT2D eigenvalue weighted by molar-refractivity contribution is 6.67. The molecule has 0 amide bonds. The van der Waals surface area contributed by atoms with Crippen molar-refractivity contribution in [2.45, 2.75) is 114 Å². The van der Waals surface area contributed by atoms with Crippen LogP contribution in [0.4, 0.5) is 0 Å². The lowest BCUT2D eigenvalue weighted by Gasteiger charge is -2.36. The summed E-state index contributed by atoms with van der Waals surface area (Å²) in [5, 5.41) is 0. The second-order valence-electron chi connectivity index (χ2n) is 10.7. The zero-order chi connectivity index (χ0) is 30.5. The predicted octanol–water partition coefficient (Wildman–Crippen LogP) is 7.03. The Hall–Kier alpha value is 0.0738. The fourth-order valence-corrected chi connectivity index (χ4v) is 10.9. The monoisotopic (exact) mass is 626 g/mol. The Bertz CT molecular complexity index is 522. The van der Waals surface area contributed by atoms with Gasteiger partial charge in [-0.15, -0.1) is 0 Å². The van der Waals surface area contributed by atoms with Gasteiger partial charge in [0, 0.05) is 81.2 Å². The predicted molar refractivity (Wildman–Crippen MR) is 170 cm³/mol. The van der Waals surface area contributed by atoms with Gasteiger partial charge in [-0.25, -0.2) is 0 Å². The number of hydrogen-bond donors (Lipinski definition) is 0. The maximum Gasteiger partial charge on any atom is 0.503 e. The molecule has 0 saturated carbocycles. The van der Waals surface area contributed by atoms with E-state index in [9.17, 15) is 0 Å². The summed E-state index contributed by atoms with van der Waals surface area (Å²) in [6.07, 6.45) is 19.6. The lowest BCUT2D eigenvalue weighted by molar-refractivity contribution is 0.0685. The van der Waals surface area contributed by atoms with Gasteiger partial charge in [0.15, 0.2) is 0 Å². The Kier molecular flexibility index (Phi) is 28.9. The van der Waals surface area contributed by atoms with Crippen molar-refractivity contribution in [1.82, 2.24) is 0 Å². The average molecular weight is 627 g/mol. The molecule has 0 aliphatic carbocycles. The van der Waals surface area contributed by atoms with E-state index in [1.54, 1.807) is 49.8 Å². The van der Waals surface area contributed by atoms with Crippen molar-refractivity contribution in [2.24, 2.45) is 0 Å². The van der Waals surface area contributed by atoms with Crippen LogP contribution in [0.25, 0.3) is 0 Å². The molecule has 9 nitrogen and oxygen atoms in total. The van der Waals surface area contributed by atoms with E-state index in [1.165, 1.54) is 89.9 Å². The number of ether oxygens (including phenoxy) is 3. The van der Waals surface area contributed by atoms with E-state index in [4.69, 9.17) is 40.8 Å². The number of methoxy groups -OCH3 is 1. The molecule has 41 heavy (non-hydrogen) atoms. The molecule has 0 bridgehead atoms. The normalized spacial score (nSPS) is 13.2. The second-order valence-corrected chi connectivity index (χ2v) is 17.0. The molecule has 0 heterocycles. The molecular formula is C30H66O9Si2. The van der Waals surface area contributed by atoms with Crippen molar-refractivity contribution in [3.63, 3.8) is 0 Å². The number of unbranched alkanes of at least 4 members (excludes halogenated alkanes) is 13. The van der Waals surface area contributed by atoms with Crippen LogP contribution in [-0.4, -0.2) is 100 Å². The van der Waals surface area contributed by atoms with E-state index in [-0.39, 0.29) is 5.54 Å². The number of hydrogen-bond acceptors (Lipinski definition) is 9. The van der Waals surface area contributed by atoms with Gasteiger partial charge in [-0.2, -0.15) is 0 Å². The lowest BCUT2D eigenvalue weighted by Crippen LogP contribution is -2.53. The highest BCUT2D eigenvalue weighted by Crippen LogP contribution is 2.37. The molecule has 1 unspecified atom stereocenters. The Morgan fingerprint density at radius 1 is 0.390 bits per heavy atom. The molecule has 248 valence electrons. The Morgan fingerprint density at radius 2 is 0.756 bits per heavy atom. The van der Waals surface area contributed by atoms with Crippen LogP contribution in [0.1, 0.15) is 103 Å². The van der Waals surface area contributed by atoms with Gasteiger partial charge in [-0.1, -0.05) is 77.0 Å². The van der Waals surface area contributed by atoms with E-state index < -0.39 is 17.6 Å². The summed E-state index contributed by atoms with van der Waals surface area (Å²) in [7, 11) is 6.01. The standard InChI is InChI=1S/C30H66O9Si2/c1-31-27-28-39-26-22-18-13-9-8-12-16-20-24-38-25-21-17-14-10-11-15-19-23-30(41(35-5,36-6)37-7)29-40(32-2,33-3)34-4/h30H,8-29H2,1-7H3. The van der Waals surface area contributed by atoms with E-state index in [0.717, 1.165) is 32.7 Å². The van der Waals surface area contributed by atoms with Gasteiger partial charge in [0.25, 0.3) is 0 Å². The Balaban J connectivity index is 3.77. The molecule has 0 spiro atoms. The minimum absolute atomic E-state index is 0.0631. The van der Waals surface area contributed by atoms with Crippen LogP contribution in [-0.2, 0) is 40.8 Å². The molecule has 0 aromatic rings. The summed E-state index contributed by atoms with van der Waals surface area (Å²) in [5.41, 5.74) is 0.0631. The highest BCUT2D eigenvalue weighted by Gasteiger charge is 2.53. The summed E-state index contributed by atoms with van der Waals surface area (Å²) in [5.74, 6) is 0. The molecule has 0 aromatic heterocycles. The van der Waals surface area contributed by atoms with Crippen LogP contribution < -0.4 is 0 Å². The first kappa shape index (κ1) is 41.1. The third kappa shape index (κ3) is 19.9. The van der Waals surface area contributed by atoms with Crippen molar-refractivity contribution in [2.75, 3.05) is 82.8 Å². The Morgan fingerprint density at radius 3 is 1.12 bits per heavy atom. The molecule has 1 atom stereocenters. The van der Waals surface area contributed by atoms with Gasteiger partial charge in [-0.05, 0) is 25.7 Å². The first-order chi connectivity index (χ1) is 20.0. The van der Waals surface area contributed by atoms with Crippen LogP contribution in [0.3, 0.4) is 0 Å². The van der Waals surface area contributed by atoms with Crippen LogP contribution in [0, 0.1) is 0 Å². The maximum atomic E-state index is 5.85. The maximum absolute atomic E-state index is 5.85. The SMILES string of the molecule is COCCOCCCCCCCCCCOCCCCCCCCCC(C[Si](OC)(OC)OC)[Si](OC)(OC)OC. The topological polar surface area (TPSA) is 83.1 Å². The molecule has 0 aliphatic heterocycles. The average Bonchev–Trinajstić information content (AvgIpc) is 3.01. The molecule has 0 aliphatic rings. The fourth-order valence-electron chi connectivity index (χ4n) is 5.25. The van der Waals surface area contributed by atoms with Crippen molar-refractivity contribution in [3.05, 3.63) is 0 Å². The third-order valence-corrected chi connectivity index (χ3v) is 14.4. The van der Waals surface area contributed by atoms with Crippen LogP contribution in [0.2, 0.25) is 11.6 Å². The first-order valence-electron chi connectivity index (χ1n) is 16.0. The fraction of sp³-hybridized carbons (Fsp3) is 1.00. The van der Waals surface area contributed by atoms with Crippen molar-refractivity contribution >= 4 is 17.6 Å². The smallest absolute Gasteiger partial charge is 0.382 e. The van der Waals surface area contributed by atoms with E-state index in [0.29, 0.717) is 19.3 Å². The summed E-state index contributed by atoms with van der Waals surface area (Å²) in [6.45, 7) is 4.09. The highest BCUT2D eigenvalue weighted by atomic mass is 28.4. The van der Waals surface area contributed by atoms with Crippen molar-refractivity contribution < 1.29 is 40.8 Å². The van der Waals surface area contributed by atoms with Gasteiger partial charge in [0.05, 0.1) is 13.2 Å². The molecule has 0 aromatic carbocycles. The van der Waals surface area contributed by atoms with Crippen molar-refractivity contribution in [3.8, 4) is 0 Å². The van der Waals surface area contributed by atoms with Crippen LogP contribution in [0.15, 0.2) is 0 Å². The van der Waals surface area contributed by atoms with E-state index in [1.807, 2.05) is 0 Å². The van der Waals surface area contributed by atoms with Gasteiger partial charge < -0.3 is 40.8 Å². The summed E-state index contributed by atoms with van der Waals surface area (Å²) in [6, 6.07) is 0.616. The Labute approximate surface area is 255 Å². The molecule has 0 radical (unpaired) electrons. The zero-order valence-corrected chi connectivity index (χ0v) is 29.8. The van der Waals surface area contributed by atoms with Crippen LogP contribution in [0.5, 0.6) is 0 Å².